The molecule has 1 fully saturated rings. The Kier molecular flexibility index (Phi) is 5.55. The van der Waals surface area contributed by atoms with Crippen LogP contribution in [0.25, 0.3) is 0 Å². The van der Waals surface area contributed by atoms with E-state index in [0.717, 1.165) is 37.7 Å². The number of halogens is 1. The minimum Gasteiger partial charge on any atom is -0.314 e. The van der Waals surface area contributed by atoms with E-state index in [1.54, 1.807) is 12.1 Å². The molecule has 1 N–H and O–H groups in total. The maximum absolute atomic E-state index is 13.4. The van der Waals surface area contributed by atoms with Crippen molar-refractivity contribution < 1.29 is 4.39 Å². The van der Waals surface area contributed by atoms with Gasteiger partial charge in [-0.05, 0) is 62.0 Å². The molecule has 1 saturated heterocycles. The summed E-state index contributed by atoms with van der Waals surface area (Å²) in [4.78, 5) is 2.47. The van der Waals surface area contributed by atoms with Gasteiger partial charge >= 0.3 is 0 Å². The lowest BCUT2D eigenvalue weighted by molar-refractivity contribution is 0.163. The number of hydrogen-bond donors (Lipinski definition) is 1. The molecule has 1 heterocycles. The minimum atomic E-state index is -0.124. The molecule has 2 nitrogen and oxygen atoms in total. The van der Waals surface area contributed by atoms with Gasteiger partial charge in [-0.1, -0.05) is 19.9 Å². The fourth-order valence-electron chi connectivity index (χ4n) is 2.92. The Hall–Kier alpha value is -0.930. The first kappa shape index (κ1) is 15.5. The van der Waals surface area contributed by atoms with Gasteiger partial charge in [-0.25, -0.2) is 4.39 Å². The first-order chi connectivity index (χ1) is 9.54. The molecule has 112 valence electrons. The van der Waals surface area contributed by atoms with Crippen molar-refractivity contribution in [1.82, 2.24) is 10.2 Å². The summed E-state index contributed by atoms with van der Waals surface area (Å²) in [6, 6.07) is 5.66. The van der Waals surface area contributed by atoms with Gasteiger partial charge in [0.25, 0.3) is 0 Å². The standard InChI is InChI=1S/C17H27FN2/c1-13(2)19-10-15-5-4-8-20(11-15)12-16-9-17(18)7-6-14(16)3/h6-7,9,13,15,19H,4-5,8,10-12H2,1-3H3. The monoisotopic (exact) mass is 278 g/mol. The number of hydrogen-bond acceptors (Lipinski definition) is 2. The van der Waals surface area contributed by atoms with Crippen molar-refractivity contribution in [3.63, 3.8) is 0 Å². The third kappa shape index (κ3) is 4.57. The molecule has 1 aliphatic heterocycles. The normalized spacial score (nSPS) is 20.6. The van der Waals surface area contributed by atoms with Crippen molar-refractivity contribution >= 4 is 0 Å². The Morgan fingerprint density at radius 3 is 2.95 bits per heavy atom. The largest absolute Gasteiger partial charge is 0.314 e. The number of aryl methyl sites for hydroxylation is 1. The van der Waals surface area contributed by atoms with E-state index in [4.69, 9.17) is 0 Å². The summed E-state index contributed by atoms with van der Waals surface area (Å²) in [7, 11) is 0. The van der Waals surface area contributed by atoms with Crippen molar-refractivity contribution in [3.05, 3.63) is 35.1 Å². The number of benzene rings is 1. The average Bonchev–Trinajstić information content (AvgIpc) is 2.41. The fraction of sp³-hybridized carbons (Fsp3) is 0.647. The number of nitrogens with zero attached hydrogens (tertiary/aromatic N) is 1. The smallest absolute Gasteiger partial charge is 0.123 e. The maximum atomic E-state index is 13.4. The molecule has 1 aromatic carbocycles. The zero-order valence-corrected chi connectivity index (χ0v) is 13.0. The van der Waals surface area contributed by atoms with E-state index in [1.165, 1.54) is 18.4 Å². The molecule has 1 atom stereocenters. The summed E-state index contributed by atoms with van der Waals surface area (Å²) >= 11 is 0. The summed E-state index contributed by atoms with van der Waals surface area (Å²) in [5, 5.41) is 3.53. The third-order valence-corrected chi connectivity index (χ3v) is 4.12. The van der Waals surface area contributed by atoms with Crippen LogP contribution in [0.2, 0.25) is 0 Å². The van der Waals surface area contributed by atoms with Gasteiger partial charge in [0, 0.05) is 19.1 Å². The quantitative estimate of drug-likeness (QED) is 0.888. The van der Waals surface area contributed by atoms with E-state index in [9.17, 15) is 4.39 Å². The highest BCUT2D eigenvalue weighted by atomic mass is 19.1. The van der Waals surface area contributed by atoms with Gasteiger partial charge in [-0.3, -0.25) is 4.90 Å². The molecule has 0 spiro atoms. The number of piperidine rings is 1. The van der Waals surface area contributed by atoms with E-state index < -0.39 is 0 Å². The third-order valence-electron chi connectivity index (χ3n) is 4.12. The molecular formula is C17H27FN2. The van der Waals surface area contributed by atoms with Crippen LogP contribution in [0.5, 0.6) is 0 Å². The molecular weight excluding hydrogens is 251 g/mol. The molecule has 0 aliphatic carbocycles. The molecule has 0 amide bonds. The molecule has 3 heteroatoms. The van der Waals surface area contributed by atoms with E-state index in [0.29, 0.717) is 6.04 Å². The summed E-state index contributed by atoms with van der Waals surface area (Å²) in [6.45, 7) is 10.7. The van der Waals surface area contributed by atoms with Crippen LogP contribution in [0.15, 0.2) is 18.2 Å². The first-order valence-corrected chi connectivity index (χ1v) is 7.75. The topological polar surface area (TPSA) is 15.3 Å². The maximum Gasteiger partial charge on any atom is 0.123 e. The predicted octanol–water partition coefficient (Wildman–Crippen LogP) is 3.34. The number of nitrogens with one attached hydrogen (secondary N) is 1. The molecule has 1 unspecified atom stereocenters. The van der Waals surface area contributed by atoms with Crippen LogP contribution in [0.1, 0.15) is 37.8 Å². The van der Waals surface area contributed by atoms with Gasteiger partial charge < -0.3 is 5.32 Å². The predicted molar refractivity (Wildman–Crippen MR) is 82.3 cm³/mol. The van der Waals surface area contributed by atoms with Crippen LogP contribution in [-0.2, 0) is 6.54 Å². The Bertz CT molecular complexity index is 431. The molecule has 0 saturated carbocycles. The average molecular weight is 278 g/mol. The van der Waals surface area contributed by atoms with Crippen LogP contribution in [-0.4, -0.2) is 30.6 Å². The molecule has 0 aromatic heterocycles. The summed E-state index contributed by atoms with van der Waals surface area (Å²) in [5.74, 6) is 0.598. The lowest BCUT2D eigenvalue weighted by atomic mass is 9.96. The van der Waals surface area contributed by atoms with Crippen LogP contribution in [0, 0.1) is 18.7 Å². The number of likely N-dealkylation sites (tertiary alicyclic amines) is 1. The Morgan fingerprint density at radius 2 is 2.20 bits per heavy atom. The van der Waals surface area contributed by atoms with Crippen molar-refractivity contribution in [3.8, 4) is 0 Å². The highest BCUT2D eigenvalue weighted by Crippen LogP contribution is 2.20. The van der Waals surface area contributed by atoms with Crippen LogP contribution >= 0.6 is 0 Å². The van der Waals surface area contributed by atoms with Crippen LogP contribution in [0.4, 0.5) is 4.39 Å². The second-order valence-electron chi connectivity index (χ2n) is 6.38. The van der Waals surface area contributed by atoms with Crippen molar-refractivity contribution in [2.45, 2.75) is 46.2 Å². The van der Waals surface area contributed by atoms with Gasteiger partial charge in [0.2, 0.25) is 0 Å². The number of rotatable bonds is 5. The van der Waals surface area contributed by atoms with E-state index in [-0.39, 0.29) is 5.82 Å². The molecule has 1 aliphatic rings. The molecule has 0 bridgehead atoms. The highest BCUT2D eigenvalue weighted by molar-refractivity contribution is 5.26. The van der Waals surface area contributed by atoms with Crippen LogP contribution in [0.3, 0.4) is 0 Å². The minimum absolute atomic E-state index is 0.124. The van der Waals surface area contributed by atoms with E-state index in [1.807, 2.05) is 6.07 Å². The Labute approximate surface area is 122 Å². The molecule has 1 aromatic rings. The molecule has 2 rings (SSSR count). The zero-order valence-electron chi connectivity index (χ0n) is 13.0. The van der Waals surface area contributed by atoms with Crippen molar-refractivity contribution in [1.29, 1.82) is 0 Å². The zero-order chi connectivity index (χ0) is 14.5. The SMILES string of the molecule is Cc1ccc(F)cc1CN1CCCC(CNC(C)C)C1. The Morgan fingerprint density at radius 1 is 1.40 bits per heavy atom. The second-order valence-corrected chi connectivity index (χ2v) is 6.38. The van der Waals surface area contributed by atoms with Gasteiger partial charge in [-0.15, -0.1) is 0 Å². The van der Waals surface area contributed by atoms with Gasteiger partial charge in [0.05, 0.1) is 0 Å². The molecule has 0 radical (unpaired) electrons. The van der Waals surface area contributed by atoms with Crippen LogP contribution < -0.4 is 5.32 Å². The van der Waals surface area contributed by atoms with E-state index >= 15 is 0 Å². The lowest BCUT2D eigenvalue weighted by Gasteiger charge is -2.33. The lowest BCUT2D eigenvalue weighted by Crippen LogP contribution is -2.40. The van der Waals surface area contributed by atoms with Crippen molar-refractivity contribution in [2.24, 2.45) is 5.92 Å². The summed E-state index contributed by atoms with van der Waals surface area (Å²) in [6.07, 6.45) is 2.55. The van der Waals surface area contributed by atoms with E-state index in [2.05, 4.69) is 31.0 Å². The van der Waals surface area contributed by atoms with Gasteiger partial charge in [0.15, 0.2) is 0 Å². The highest BCUT2D eigenvalue weighted by Gasteiger charge is 2.20. The summed E-state index contributed by atoms with van der Waals surface area (Å²) in [5.41, 5.74) is 2.32. The van der Waals surface area contributed by atoms with Gasteiger partial charge in [0.1, 0.15) is 5.82 Å². The Balaban J connectivity index is 1.90. The van der Waals surface area contributed by atoms with Gasteiger partial charge in [-0.2, -0.15) is 0 Å². The second kappa shape index (κ2) is 7.19. The summed E-state index contributed by atoms with van der Waals surface area (Å²) < 4.78 is 13.4. The first-order valence-electron chi connectivity index (χ1n) is 7.75. The van der Waals surface area contributed by atoms with Crippen molar-refractivity contribution in [2.75, 3.05) is 19.6 Å². The molecule has 20 heavy (non-hydrogen) atoms. The fourth-order valence-corrected chi connectivity index (χ4v) is 2.92.